The Kier molecular flexibility index (Phi) is 70.5. The molecule has 0 aromatic rings. The lowest BCUT2D eigenvalue weighted by Gasteiger charge is -2.18. The van der Waals surface area contributed by atoms with Gasteiger partial charge in [-0.05, 0) is 51.4 Å². The third-order valence-corrected chi connectivity index (χ3v) is 17.5. The van der Waals surface area contributed by atoms with Crippen LogP contribution in [0.25, 0.3) is 0 Å². The Morgan fingerprint density at radius 1 is 0.241 bits per heavy atom. The second-order valence-corrected chi connectivity index (χ2v) is 25.9. The molecule has 0 aliphatic heterocycles. The molecule has 0 aromatic heterocycles. The summed E-state index contributed by atoms with van der Waals surface area (Å²) in [7, 11) is 0. The van der Waals surface area contributed by atoms with Crippen LogP contribution in [0, 0.1) is 0 Å². The average molecular weight is 1170 g/mol. The molecule has 6 heteroatoms. The molecule has 6 nitrogen and oxygen atoms in total. The van der Waals surface area contributed by atoms with E-state index in [2.05, 4.69) is 45.1 Å². The van der Waals surface area contributed by atoms with Crippen LogP contribution in [0.4, 0.5) is 0 Å². The highest BCUT2D eigenvalue weighted by molar-refractivity contribution is 5.71. The van der Waals surface area contributed by atoms with Crippen molar-refractivity contribution >= 4 is 17.9 Å². The molecule has 0 heterocycles. The predicted octanol–water partition coefficient (Wildman–Crippen LogP) is 26.1. The Labute approximate surface area is 519 Å². The van der Waals surface area contributed by atoms with E-state index in [0.717, 1.165) is 64.2 Å². The first-order valence-electron chi connectivity index (χ1n) is 37.8. The van der Waals surface area contributed by atoms with E-state index in [4.69, 9.17) is 14.2 Å². The maximum absolute atomic E-state index is 12.9. The Morgan fingerprint density at radius 3 is 0.663 bits per heavy atom. The van der Waals surface area contributed by atoms with Gasteiger partial charge in [0.05, 0.1) is 0 Å². The Morgan fingerprint density at radius 2 is 0.434 bits per heavy atom. The van der Waals surface area contributed by atoms with Crippen LogP contribution in [0.5, 0.6) is 0 Å². The summed E-state index contributed by atoms with van der Waals surface area (Å²) in [5, 5.41) is 0. The van der Waals surface area contributed by atoms with E-state index in [1.807, 2.05) is 0 Å². The molecule has 0 rings (SSSR count). The lowest BCUT2D eigenvalue weighted by Crippen LogP contribution is -2.30. The van der Waals surface area contributed by atoms with E-state index < -0.39 is 6.10 Å². The Balaban J connectivity index is 4.02. The lowest BCUT2D eigenvalue weighted by molar-refractivity contribution is -0.167. The fourth-order valence-corrected chi connectivity index (χ4v) is 11.8. The number of unbranched alkanes of at least 4 members (excludes halogenated alkanes) is 56. The minimum absolute atomic E-state index is 0.0657. The first kappa shape index (κ1) is 80.9. The van der Waals surface area contributed by atoms with Gasteiger partial charge in [-0.25, -0.2) is 0 Å². The van der Waals surface area contributed by atoms with Crippen LogP contribution in [0.1, 0.15) is 432 Å². The summed E-state index contributed by atoms with van der Waals surface area (Å²) in [6, 6.07) is 0. The van der Waals surface area contributed by atoms with Crippen LogP contribution >= 0.6 is 0 Å². The molecule has 1 atom stereocenters. The highest BCUT2D eigenvalue weighted by Gasteiger charge is 2.20. The van der Waals surface area contributed by atoms with Crippen molar-refractivity contribution in [3.63, 3.8) is 0 Å². The van der Waals surface area contributed by atoms with E-state index >= 15 is 0 Å². The van der Waals surface area contributed by atoms with Crippen molar-refractivity contribution in [2.24, 2.45) is 0 Å². The van der Waals surface area contributed by atoms with Crippen molar-refractivity contribution < 1.29 is 28.6 Å². The standard InChI is InChI=1S/C77H146O6/c1-4-7-10-13-16-19-21-23-25-27-29-31-33-34-35-36-37-38-39-40-41-42-44-45-47-49-51-53-55-58-61-64-67-70-76(79)82-73-74(72-81-75(78)69-66-63-60-57-18-15-12-9-6-3)83-77(80)71-68-65-62-59-56-54-52-50-48-46-43-32-30-28-26-24-22-20-17-14-11-8-5-2/h22,24,28,30,74H,4-21,23,25-27,29,31-73H2,1-3H3/b24-22-,30-28-. The summed E-state index contributed by atoms with van der Waals surface area (Å²) in [5.41, 5.74) is 0. The monoisotopic (exact) mass is 1170 g/mol. The van der Waals surface area contributed by atoms with E-state index in [1.54, 1.807) is 0 Å². The van der Waals surface area contributed by atoms with Crippen molar-refractivity contribution in [3.05, 3.63) is 24.3 Å². The van der Waals surface area contributed by atoms with Crippen LogP contribution in [0.3, 0.4) is 0 Å². The zero-order chi connectivity index (χ0) is 59.9. The van der Waals surface area contributed by atoms with Crippen LogP contribution < -0.4 is 0 Å². The summed E-state index contributed by atoms with van der Waals surface area (Å²) in [5.74, 6) is -0.839. The minimum Gasteiger partial charge on any atom is -0.462 e. The zero-order valence-corrected chi connectivity index (χ0v) is 56.5. The van der Waals surface area contributed by atoms with E-state index in [9.17, 15) is 14.4 Å². The number of carbonyl (C=O) groups excluding carboxylic acids is 3. The summed E-state index contributed by atoms with van der Waals surface area (Å²) >= 11 is 0. The largest absolute Gasteiger partial charge is 0.462 e. The number of ether oxygens (including phenoxy) is 3. The molecular formula is C77H146O6. The molecule has 0 amide bonds. The third kappa shape index (κ3) is 70.5. The third-order valence-electron chi connectivity index (χ3n) is 17.5. The zero-order valence-electron chi connectivity index (χ0n) is 56.5. The fraction of sp³-hybridized carbons (Fsp3) is 0.909. The number of hydrogen-bond acceptors (Lipinski definition) is 6. The van der Waals surface area contributed by atoms with Gasteiger partial charge in [0.25, 0.3) is 0 Å². The molecule has 0 fully saturated rings. The van der Waals surface area contributed by atoms with Gasteiger partial charge < -0.3 is 14.2 Å². The SMILES string of the molecule is CCCCCCC/C=C\C/C=C\CCCCCCCCCCCCCC(=O)OC(COC(=O)CCCCCCCCCCC)COC(=O)CCCCCCCCCCCCCCCCCCCCCCCCCCCCCCCCCCC. The number of carbonyl (C=O) groups is 3. The van der Waals surface area contributed by atoms with E-state index in [0.29, 0.717) is 19.3 Å². The second kappa shape index (κ2) is 72.4. The highest BCUT2D eigenvalue weighted by Crippen LogP contribution is 2.19. The molecule has 0 N–H and O–H groups in total. The predicted molar refractivity (Wildman–Crippen MR) is 363 cm³/mol. The van der Waals surface area contributed by atoms with E-state index in [1.165, 1.54) is 327 Å². The smallest absolute Gasteiger partial charge is 0.306 e. The number of rotatable bonds is 71. The molecule has 1 unspecified atom stereocenters. The van der Waals surface area contributed by atoms with Gasteiger partial charge in [0, 0.05) is 19.3 Å². The van der Waals surface area contributed by atoms with Crippen molar-refractivity contribution in [3.8, 4) is 0 Å². The highest BCUT2D eigenvalue weighted by atomic mass is 16.6. The number of allylic oxidation sites excluding steroid dienone is 4. The molecule has 0 saturated carbocycles. The first-order chi connectivity index (χ1) is 41.0. The topological polar surface area (TPSA) is 78.9 Å². The van der Waals surface area contributed by atoms with Crippen molar-refractivity contribution in [1.82, 2.24) is 0 Å². The maximum Gasteiger partial charge on any atom is 0.306 e. The minimum atomic E-state index is -0.768. The summed E-state index contributed by atoms with van der Waals surface area (Å²) in [6.45, 7) is 6.69. The van der Waals surface area contributed by atoms with Crippen molar-refractivity contribution in [2.45, 2.75) is 438 Å². The molecule has 0 aliphatic rings. The average Bonchev–Trinajstić information content (AvgIpc) is 3.49. The van der Waals surface area contributed by atoms with Crippen molar-refractivity contribution in [1.29, 1.82) is 0 Å². The van der Waals surface area contributed by atoms with Crippen LogP contribution in [-0.2, 0) is 28.6 Å². The summed E-state index contributed by atoms with van der Waals surface area (Å²) in [6.07, 6.45) is 89.7. The second-order valence-electron chi connectivity index (χ2n) is 25.9. The molecule has 0 aromatic carbocycles. The molecule has 0 saturated heterocycles. The quantitative estimate of drug-likeness (QED) is 0.0261. The number of hydrogen-bond donors (Lipinski definition) is 0. The molecular weight excluding hydrogens is 1020 g/mol. The van der Waals surface area contributed by atoms with Gasteiger partial charge in [-0.2, -0.15) is 0 Å². The fourth-order valence-electron chi connectivity index (χ4n) is 11.8. The molecule has 0 bridgehead atoms. The molecule has 0 aliphatic carbocycles. The van der Waals surface area contributed by atoms with Gasteiger partial charge in [-0.1, -0.05) is 385 Å². The van der Waals surface area contributed by atoms with Gasteiger partial charge in [-0.3, -0.25) is 14.4 Å². The van der Waals surface area contributed by atoms with Gasteiger partial charge in [0.1, 0.15) is 13.2 Å². The Bertz CT molecular complexity index is 1340. The molecule has 0 radical (unpaired) electrons. The summed E-state index contributed by atoms with van der Waals surface area (Å²) < 4.78 is 17.0. The Hall–Kier alpha value is -2.11. The van der Waals surface area contributed by atoms with Gasteiger partial charge in [0.2, 0.25) is 0 Å². The van der Waals surface area contributed by atoms with Gasteiger partial charge >= 0.3 is 17.9 Å². The number of esters is 3. The van der Waals surface area contributed by atoms with Crippen LogP contribution in [0.15, 0.2) is 24.3 Å². The summed E-state index contributed by atoms with van der Waals surface area (Å²) in [4.78, 5) is 38.3. The molecule has 83 heavy (non-hydrogen) atoms. The lowest BCUT2D eigenvalue weighted by atomic mass is 10.0. The van der Waals surface area contributed by atoms with E-state index in [-0.39, 0.29) is 31.1 Å². The van der Waals surface area contributed by atoms with Crippen LogP contribution in [0.2, 0.25) is 0 Å². The maximum atomic E-state index is 12.9. The molecule has 0 spiro atoms. The normalized spacial score (nSPS) is 12.1. The van der Waals surface area contributed by atoms with Crippen molar-refractivity contribution in [2.75, 3.05) is 13.2 Å². The first-order valence-corrected chi connectivity index (χ1v) is 37.8. The molecule has 490 valence electrons. The van der Waals surface area contributed by atoms with Gasteiger partial charge in [-0.15, -0.1) is 0 Å². The van der Waals surface area contributed by atoms with Gasteiger partial charge in [0.15, 0.2) is 6.10 Å². The van der Waals surface area contributed by atoms with Crippen LogP contribution in [-0.4, -0.2) is 37.2 Å².